The highest BCUT2D eigenvalue weighted by Gasteiger charge is 2.27. The van der Waals surface area contributed by atoms with Gasteiger partial charge in [-0.05, 0) is 10.4 Å². The minimum Gasteiger partial charge on any atom is -0.365 e. The fraction of sp³-hybridized carbons (Fsp3) is 0.286. The van der Waals surface area contributed by atoms with Crippen LogP contribution in [0.5, 0.6) is 0 Å². The summed E-state index contributed by atoms with van der Waals surface area (Å²) >= 11 is 0. The molecule has 0 N–H and O–H groups in total. The summed E-state index contributed by atoms with van der Waals surface area (Å²) in [7, 11) is 0. The molecule has 2 aromatic rings. The van der Waals surface area contributed by atoms with E-state index in [-0.39, 0.29) is 6.10 Å². The second-order valence-electron chi connectivity index (χ2n) is 2.88. The van der Waals surface area contributed by atoms with Crippen LogP contribution in [0.25, 0.3) is 5.69 Å². The Balaban J connectivity index is 1.93. The second-order valence-corrected chi connectivity index (χ2v) is 2.88. The van der Waals surface area contributed by atoms with E-state index in [1.54, 1.807) is 12.4 Å². The number of hydrogen-bond donors (Lipinski definition) is 0. The Morgan fingerprint density at radius 2 is 2.14 bits per heavy atom. The van der Waals surface area contributed by atoms with Crippen LogP contribution < -0.4 is 0 Å². The van der Waals surface area contributed by atoms with E-state index in [0.29, 0.717) is 12.4 Å². The molecule has 7 nitrogen and oxygen atoms in total. The van der Waals surface area contributed by atoms with Crippen LogP contribution in [0.2, 0.25) is 0 Å². The first-order chi connectivity index (χ1) is 6.93. The number of ether oxygens (including phenoxy) is 1. The molecule has 1 aliphatic heterocycles. The molecule has 2 aromatic heterocycles. The van der Waals surface area contributed by atoms with Crippen molar-refractivity contribution in [2.45, 2.75) is 6.10 Å². The lowest BCUT2D eigenvalue weighted by Gasteiger charge is -1.98. The zero-order valence-electron chi connectivity index (χ0n) is 7.11. The van der Waals surface area contributed by atoms with Crippen molar-refractivity contribution in [3.63, 3.8) is 0 Å². The second kappa shape index (κ2) is 2.81. The average molecular weight is 190 g/mol. The Morgan fingerprint density at radius 1 is 1.36 bits per heavy atom. The molecule has 1 saturated heterocycles. The van der Waals surface area contributed by atoms with Crippen LogP contribution >= 0.6 is 0 Å². The molecule has 3 rings (SSSR count). The van der Waals surface area contributed by atoms with Gasteiger partial charge in [-0.2, -0.15) is 4.68 Å². The normalized spacial score (nSPS) is 19.6. The van der Waals surface area contributed by atoms with Gasteiger partial charge in [0.05, 0.1) is 19.0 Å². The largest absolute Gasteiger partial charge is 0.365 e. The van der Waals surface area contributed by atoms with Crippen LogP contribution in [-0.2, 0) is 4.74 Å². The number of hydrogen-bond acceptors (Lipinski definition) is 6. The van der Waals surface area contributed by atoms with Crippen molar-refractivity contribution < 1.29 is 4.74 Å². The van der Waals surface area contributed by atoms with E-state index in [2.05, 4.69) is 25.5 Å². The summed E-state index contributed by atoms with van der Waals surface area (Å²) in [5.41, 5.74) is 0.736. The number of epoxide rings is 1. The van der Waals surface area contributed by atoms with Gasteiger partial charge in [-0.3, -0.25) is 0 Å². The summed E-state index contributed by atoms with van der Waals surface area (Å²) in [6, 6.07) is 0. The third kappa shape index (κ3) is 1.23. The molecule has 3 heterocycles. The lowest BCUT2D eigenvalue weighted by Crippen LogP contribution is -1.99. The molecule has 1 aliphatic rings. The minimum atomic E-state index is 0.0814. The summed E-state index contributed by atoms with van der Waals surface area (Å²) in [6.45, 7) is 0.713. The van der Waals surface area contributed by atoms with Crippen molar-refractivity contribution in [3.05, 3.63) is 24.5 Å². The zero-order chi connectivity index (χ0) is 9.38. The molecular formula is C7H6N6O. The third-order valence-corrected chi connectivity index (χ3v) is 1.89. The smallest absolute Gasteiger partial charge is 0.159 e. The van der Waals surface area contributed by atoms with Gasteiger partial charge in [0, 0.05) is 0 Å². The summed E-state index contributed by atoms with van der Waals surface area (Å²) in [5, 5.41) is 10.8. The fourth-order valence-corrected chi connectivity index (χ4v) is 1.09. The fourth-order valence-electron chi connectivity index (χ4n) is 1.09. The molecule has 0 spiro atoms. The molecule has 0 radical (unpaired) electrons. The topological polar surface area (TPSA) is 81.9 Å². The van der Waals surface area contributed by atoms with Crippen LogP contribution in [-0.4, -0.2) is 36.8 Å². The predicted octanol–water partition coefficient (Wildman–Crippen LogP) is -0.476. The van der Waals surface area contributed by atoms with Crippen LogP contribution in [0.15, 0.2) is 18.7 Å². The van der Waals surface area contributed by atoms with E-state index in [9.17, 15) is 0 Å². The van der Waals surface area contributed by atoms with Gasteiger partial charge in [-0.15, -0.1) is 5.10 Å². The Hall–Kier alpha value is -1.89. The molecule has 14 heavy (non-hydrogen) atoms. The van der Waals surface area contributed by atoms with Gasteiger partial charge in [0.25, 0.3) is 0 Å². The van der Waals surface area contributed by atoms with Crippen LogP contribution in [0, 0.1) is 0 Å². The van der Waals surface area contributed by atoms with E-state index in [4.69, 9.17) is 4.74 Å². The van der Waals surface area contributed by atoms with Gasteiger partial charge in [0.1, 0.15) is 18.1 Å². The molecule has 70 valence electrons. The Kier molecular flexibility index (Phi) is 1.51. The Labute approximate surface area is 78.7 Å². The Morgan fingerprint density at radius 3 is 2.71 bits per heavy atom. The minimum absolute atomic E-state index is 0.0814. The van der Waals surface area contributed by atoms with Crippen molar-refractivity contribution in [1.29, 1.82) is 0 Å². The summed E-state index contributed by atoms with van der Waals surface area (Å²) in [4.78, 5) is 8.29. The highest BCUT2D eigenvalue weighted by Crippen LogP contribution is 2.26. The van der Waals surface area contributed by atoms with Gasteiger partial charge in [0.15, 0.2) is 5.82 Å². The summed E-state index contributed by atoms with van der Waals surface area (Å²) in [6.07, 6.45) is 4.91. The maximum atomic E-state index is 5.05. The molecule has 1 fully saturated rings. The van der Waals surface area contributed by atoms with Gasteiger partial charge in [-0.25, -0.2) is 9.97 Å². The molecule has 0 bridgehead atoms. The number of nitrogens with zero attached hydrogens (tertiary/aromatic N) is 6. The van der Waals surface area contributed by atoms with E-state index >= 15 is 0 Å². The van der Waals surface area contributed by atoms with Crippen molar-refractivity contribution >= 4 is 0 Å². The van der Waals surface area contributed by atoms with Crippen LogP contribution in [0.4, 0.5) is 0 Å². The number of tetrazole rings is 1. The molecule has 0 amide bonds. The highest BCUT2D eigenvalue weighted by molar-refractivity contribution is 5.22. The van der Waals surface area contributed by atoms with Gasteiger partial charge >= 0.3 is 0 Å². The molecule has 0 aliphatic carbocycles. The molecule has 0 unspecified atom stereocenters. The molecular weight excluding hydrogens is 184 g/mol. The summed E-state index contributed by atoms with van der Waals surface area (Å²) in [5.74, 6) is 0.710. The molecule has 1 atom stereocenters. The van der Waals surface area contributed by atoms with Gasteiger partial charge < -0.3 is 4.74 Å². The molecule has 0 aromatic carbocycles. The first kappa shape index (κ1) is 7.51. The predicted molar refractivity (Wildman–Crippen MR) is 43.4 cm³/mol. The number of aromatic nitrogens is 6. The number of rotatable bonds is 2. The lowest BCUT2D eigenvalue weighted by atomic mass is 10.4. The summed E-state index contributed by atoms with van der Waals surface area (Å²) < 4.78 is 6.55. The maximum Gasteiger partial charge on any atom is 0.159 e. The molecule has 7 heteroatoms. The van der Waals surface area contributed by atoms with E-state index < -0.39 is 0 Å². The van der Waals surface area contributed by atoms with Crippen molar-refractivity contribution in [2.24, 2.45) is 0 Å². The highest BCUT2D eigenvalue weighted by atomic mass is 16.6. The van der Waals surface area contributed by atoms with Crippen LogP contribution in [0.1, 0.15) is 11.9 Å². The van der Waals surface area contributed by atoms with Crippen molar-refractivity contribution in [2.75, 3.05) is 6.61 Å². The Bertz CT molecular complexity index is 420. The van der Waals surface area contributed by atoms with Gasteiger partial charge in [-0.1, -0.05) is 0 Å². The zero-order valence-corrected chi connectivity index (χ0v) is 7.11. The van der Waals surface area contributed by atoms with E-state index in [1.807, 2.05) is 0 Å². The first-order valence-corrected chi connectivity index (χ1v) is 4.10. The van der Waals surface area contributed by atoms with E-state index in [1.165, 1.54) is 11.0 Å². The quantitative estimate of drug-likeness (QED) is 0.595. The monoisotopic (exact) mass is 190 g/mol. The average Bonchev–Trinajstić information content (AvgIpc) is 2.94. The van der Waals surface area contributed by atoms with E-state index in [0.717, 1.165) is 5.69 Å². The molecule has 0 saturated carbocycles. The standard InChI is InChI=1S/C7H6N6O/c1-5(13-4-10-11-12-13)2-9-7(8-1)6-3-14-6/h1-2,4,6H,3H2/t6-/m1/s1. The van der Waals surface area contributed by atoms with Crippen molar-refractivity contribution in [3.8, 4) is 5.69 Å². The van der Waals surface area contributed by atoms with Crippen LogP contribution in [0.3, 0.4) is 0 Å². The van der Waals surface area contributed by atoms with Gasteiger partial charge in [0.2, 0.25) is 0 Å². The van der Waals surface area contributed by atoms with Crippen molar-refractivity contribution in [1.82, 2.24) is 30.2 Å². The first-order valence-electron chi connectivity index (χ1n) is 4.10. The maximum absolute atomic E-state index is 5.05. The lowest BCUT2D eigenvalue weighted by molar-refractivity contribution is 0.406. The SMILES string of the molecule is c1nc([C@H]2CO2)ncc1-n1cnnn1. The third-order valence-electron chi connectivity index (χ3n) is 1.89.